The van der Waals surface area contributed by atoms with Gasteiger partial charge < -0.3 is 0 Å². The second kappa shape index (κ2) is 6.05. The van der Waals surface area contributed by atoms with Gasteiger partial charge in [-0.25, -0.2) is 9.18 Å². The summed E-state index contributed by atoms with van der Waals surface area (Å²) in [5.41, 5.74) is 0.168. The predicted molar refractivity (Wildman–Crippen MR) is 75.8 cm³/mol. The van der Waals surface area contributed by atoms with E-state index in [0.29, 0.717) is 18.4 Å². The lowest BCUT2D eigenvalue weighted by molar-refractivity contribution is 0.606. The van der Waals surface area contributed by atoms with Crippen LogP contribution in [0.3, 0.4) is 0 Å². The first-order chi connectivity index (χ1) is 9.52. The molecular weight excluding hydrogens is 283 g/mol. The summed E-state index contributed by atoms with van der Waals surface area (Å²) in [7, 11) is 0. The topological polar surface area (TPSA) is 54.9 Å². The molecule has 4 nitrogen and oxygen atoms in total. The highest BCUT2D eigenvalue weighted by atomic mass is 35.5. The monoisotopic (exact) mass is 296 g/mol. The van der Waals surface area contributed by atoms with Crippen molar-refractivity contribution in [2.24, 2.45) is 0 Å². The van der Waals surface area contributed by atoms with Gasteiger partial charge in [0.1, 0.15) is 11.0 Å². The average molecular weight is 297 g/mol. The number of H-pyrrole nitrogens is 1. The number of rotatable bonds is 4. The van der Waals surface area contributed by atoms with Crippen LogP contribution in [0.1, 0.15) is 18.1 Å². The normalized spacial score (nSPS) is 10.8. The molecule has 0 saturated heterocycles. The van der Waals surface area contributed by atoms with Crippen molar-refractivity contribution in [3.63, 3.8) is 0 Å². The van der Waals surface area contributed by atoms with Gasteiger partial charge >= 0.3 is 5.69 Å². The lowest BCUT2D eigenvalue weighted by atomic mass is 10.1. The number of halogens is 2. The van der Waals surface area contributed by atoms with E-state index in [9.17, 15) is 14.0 Å². The molecule has 2 rings (SSSR count). The van der Waals surface area contributed by atoms with Crippen LogP contribution in [0.5, 0.6) is 0 Å². The molecule has 1 heterocycles. The summed E-state index contributed by atoms with van der Waals surface area (Å²) in [5, 5.41) is 0.0875. The standard InChI is InChI=1S/C14H14ClFN2O2/c1-2-11-12(15)17-14(20)18(13(11)19)7-6-9-4-3-5-10(16)8-9/h3-5,8H,2,6-7H2,1H3,(H,17,20). The molecule has 1 aromatic heterocycles. The second-order valence-electron chi connectivity index (χ2n) is 4.41. The Morgan fingerprint density at radius 3 is 2.75 bits per heavy atom. The Balaban J connectivity index is 2.31. The first-order valence-corrected chi connectivity index (χ1v) is 6.66. The molecule has 0 radical (unpaired) electrons. The lowest BCUT2D eigenvalue weighted by Gasteiger charge is -2.08. The van der Waals surface area contributed by atoms with Crippen LogP contribution in [0.25, 0.3) is 0 Å². The van der Waals surface area contributed by atoms with Crippen LogP contribution in [0, 0.1) is 5.82 Å². The summed E-state index contributed by atoms with van der Waals surface area (Å²) in [4.78, 5) is 26.3. The van der Waals surface area contributed by atoms with Crippen molar-refractivity contribution in [2.75, 3.05) is 0 Å². The quantitative estimate of drug-likeness (QED) is 0.879. The number of nitrogens with one attached hydrogen (secondary N) is 1. The highest BCUT2D eigenvalue weighted by Crippen LogP contribution is 2.07. The third kappa shape index (κ3) is 2.99. The summed E-state index contributed by atoms with van der Waals surface area (Å²) >= 11 is 5.83. The van der Waals surface area contributed by atoms with Crippen LogP contribution in [0.4, 0.5) is 4.39 Å². The number of aromatic nitrogens is 2. The smallest absolute Gasteiger partial charge is 0.297 e. The van der Waals surface area contributed by atoms with Crippen molar-refractivity contribution < 1.29 is 4.39 Å². The van der Waals surface area contributed by atoms with Crippen molar-refractivity contribution >= 4 is 11.6 Å². The van der Waals surface area contributed by atoms with Crippen molar-refractivity contribution in [1.82, 2.24) is 9.55 Å². The van der Waals surface area contributed by atoms with E-state index in [4.69, 9.17) is 11.6 Å². The van der Waals surface area contributed by atoms with E-state index in [1.54, 1.807) is 19.1 Å². The van der Waals surface area contributed by atoms with Crippen molar-refractivity contribution in [2.45, 2.75) is 26.3 Å². The highest BCUT2D eigenvalue weighted by molar-refractivity contribution is 6.30. The first kappa shape index (κ1) is 14.5. The summed E-state index contributed by atoms with van der Waals surface area (Å²) in [6.07, 6.45) is 0.833. The molecule has 2 aromatic rings. The second-order valence-corrected chi connectivity index (χ2v) is 4.79. The van der Waals surface area contributed by atoms with Crippen molar-refractivity contribution in [1.29, 1.82) is 0 Å². The molecule has 0 saturated carbocycles. The average Bonchev–Trinajstić information content (AvgIpc) is 2.38. The van der Waals surface area contributed by atoms with E-state index in [0.717, 1.165) is 10.1 Å². The maximum Gasteiger partial charge on any atom is 0.329 e. The molecule has 6 heteroatoms. The van der Waals surface area contributed by atoms with E-state index in [1.165, 1.54) is 12.1 Å². The summed E-state index contributed by atoms with van der Waals surface area (Å²) < 4.78 is 14.2. The van der Waals surface area contributed by atoms with Gasteiger partial charge in [-0.2, -0.15) is 0 Å². The van der Waals surface area contributed by atoms with Gasteiger partial charge in [-0.05, 0) is 30.5 Å². The van der Waals surface area contributed by atoms with Crippen LogP contribution in [0.15, 0.2) is 33.9 Å². The third-order valence-corrected chi connectivity index (χ3v) is 3.42. The number of nitrogens with zero attached hydrogens (tertiary/aromatic N) is 1. The summed E-state index contributed by atoms with van der Waals surface area (Å²) in [6, 6.07) is 6.08. The lowest BCUT2D eigenvalue weighted by Crippen LogP contribution is -2.37. The zero-order valence-corrected chi connectivity index (χ0v) is 11.7. The van der Waals surface area contributed by atoms with Gasteiger partial charge in [0, 0.05) is 6.54 Å². The van der Waals surface area contributed by atoms with E-state index in [1.807, 2.05) is 0 Å². The minimum absolute atomic E-state index is 0.0875. The van der Waals surface area contributed by atoms with Gasteiger partial charge in [-0.3, -0.25) is 14.3 Å². The van der Waals surface area contributed by atoms with E-state index >= 15 is 0 Å². The maximum atomic E-state index is 13.1. The SMILES string of the molecule is CCc1c(Cl)[nH]c(=O)n(CCc2cccc(F)c2)c1=O. The number of benzene rings is 1. The Morgan fingerprint density at radius 1 is 1.35 bits per heavy atom. The minimum Gasteiger partial charge on any atom is -0.297 e. The maximum absolute atomic E-state index is 13.1. The highest BCUT2D eigenvalue weighted by Gasteiger charge is 2.11. The van der Waals surface area contributed by atoms with Gasteiger partial charge in [-0.15, -0.1) is 0 Å². The molecule has 1 N–H and O–H groups in total. The molecule has 1 aromatic carbocycles. The Hall–Kier alpha value is -1.88. The number of hydrogen-bond acceptors (Lipinski definition) is 2. The molecule has 0 bridgehead atoms. The number of hydrogen-bond donors (Lipinski definition) is 1. The predicted octanol–water partition coefficient (Wildman–Crippen LogP) is 2.13. The molecule has 0 spiro atoms. The molecule has 0 fully saturated rings. The van der Waals surface area contributed by atoms with Crippen molar-refractivity contribution in [3.8, 4) is 0 Å². The zero-order valence-electron chi connectivity index (χ0n) is 11.0. The Labute approximate surface area is 119 Å². The Kier molecular flexibility index (Phi) is 4.39. The van der Waals surface area contributed by atoms with E-state index in [2.05, 4.69) is 4.98 Å². The summed E-state index contributed by atoms with van der Waals surface area (Å²) in [5.74, 6) is -0.339. The van der Waals surface area contributed by atoms with Gasteiger partial charge in [0.15, 0.2) is 0 Å². The van der Waals surface area contributed by atoms with Gasteiger partial charge in [0.2, 0.25) is 0 Å². The van der Waals surface area contributed by atoms with E-state index in [-0.39, 0.29) is 17.5 Å². The number of aromatic amines is 1. The van der Waals surface area contributed by atoms with Crippen LogP contribution >= 0.6 is 11.6 Å². The van der Waals surface area contributed by atoms with E-state index < -0.39 is 11.2 Å². The zero-order chi connectivity index (χ0) is 14.7. The first-order valence-electron chi connectivity index (χ1n) is 6.29. The minimum atomic E-state index is -0.548. The summed E-state index contributed by atoms with van der Waals surface area (Å²) in [6.45, 7) is 1.97. The molecule has 106 valence electrons. The fraction of sp³-hybridized carbons (Fsp3) is 0.286. The molecule has 20 heavy (non-hydrogen) atoms. The van der Waals surface area contributed by atoms with Gasteiger partial charge in [0.25, 0.3) is 5.56 Å². The van der Waals surface area contributed by atoms with Gasteiger partial charge in [0.05, 0.1) is 5.56 Å². The fourth-order valence-corrected chi connectivity index (χ4v) is 2.32. The molecule has 0 unspecified atom stereocenters. The largest absolute Gasteiger partial charge is 0.329 e. The van der Waals surface area contributed by atoms with Crippen LogP contribution < -0.4 is 11.2 Å². The van der Waals surface area contributed by atoms with Crippen LogP contribution in [-0.2, 0) is 19.4 Å². The molecule has 0 aliphatic rings. The Morgan fingerprint density at radius 2 is 2.10 bits per heavy atom. The third-order valence-electron chi connectivity index (χ3n) is 3.10. The fourth-order valence-electron chi connectivity index (χ4n) is 2.03. The molecule has 0 atom stereocenters. The number of aryl methyl sites for hydroxylation is 1. The van der Waals surface area contributed by atoms with Crippen LogP contribution in [0.2, 0.25) is 5.15 Å². The molecular formula is C14H14ClFN2O2. The molecule has 0 aliphatic carbocycles. The molecule has 0 aliphatic heterocycles. The van der Waals surface area contributed by atoms with Gasteiger partial charge in [-0.1, -0.05) is 30.7 Å². The van der Waals surface area contributed by atoms with Crippen LogP contribution in [-0.4, -0.2) is 9.55 Å². The Bertz CT molecular complexity index is 737. The molecule has 0 amide bonds. The van der Waals surface area contributed by atoms with Crippen molar-refractivity contribution in [3.05, 3.63) is 67.2 Å².